The SMILES string of the molecule is O=C(NCc1ccc(-n2cncn2)nc1)C1CCCC1. The van der Waals surface area contributed by atoms with Gasteiger partial charge in [-0.15, -0.1) is 0 Å². The van der Waals surface area contributed by atoms with Crippen LogP contribution in [0.15, 0.2) is 31.0 Å². The number of amides is 1. The smallest absolute Gasteiger partial charge is 0.223 e. The van der Waals surface area contributed by atoms with E-state index in [1.807, 2.05) is 12.1 Å². The fourth-order valence-electron chi connectivity index (χ4n) is 2.50. The standard InChI is InChI=1S/C14H17N5O/c20-14(12-3-1-2-4-12)17-8-11-5-6-13(16-7-11)19-10-15-9-18-19/h5-7,9-10,12H,1-4,8H2,(H,17,20). The van der Waals surface area contributed by atoms with Crippen molar-refractivity contribution >= 4 is 5.91 Å². The normalized spacial score (nSPS) is 15.4. The van der Waals surface area contributed by atoms with Crippen molar-refractivity contribution in [1.82, 2.24) is 25.1 Å². The minimum absolute atomic E-state index is 0.169. The van der Waals surface area contributed by atoms with E-state index < -0.39 is 0 Å². The van der Waals surface area contributed by atoms with Crippen LogP contribution in [0.2, 0.25) is 0 Å². The first-order valence-corrected chi connectivity index (χ1v) is 6.90. The van der Waals surface area contributed by atoms with Crippen LogP contribution >= 0.6 is 0 Å². The summed E-state index contributed by atoms with van der Waals surface area (Å²) in [4.78, 5) is 20.1. The summed E-state index contributed by atoms with van der Waals surface area (Å²) >= 11 is 0. The van der Waals surface area contributed by atoms with Crippen molar-refractivity contribution in [3.8, 4) is 5.82 Å². The highest BCUT2D eigenvalue weighted by molar-refractivity contribution is 5.78. The molecular formula is C14H17N5O. The molecule has 6 heteroatoms. The summed E-state index contributed by atoms with van der Waals surface area (Å²) in [5, 5.41) is 7.00. The van der Waals surface area contributed by atoms with Crippen LogP contribution in [0.3, 0.4) is 0 Å². The number of pyridine rings is 1. The summed E-state index contributed by atoms with van der Waals surface area (Å²) in [5.74, 6) is 1.09. The maximum absolute atomic E-state index is 11.9. The third-order valence-corrected chi connectivity index (χ3v) is 3.66. The van der Waals surface area contributed by atoms with Gasteiger partial charge in [0, 0.05) is 18.7 Å². The summed E-state index contributed by atoms with van der Waals surface area (Å²) < 4.78 is 1.60. The van der Waals surface area contributed by atoms with Crippen LogP contribution in [0.25, 0.3) is 5.82 Å². The van der Waals surface area contributed by atoms with Crippen LogP contribution < -0.4 is 5.32 Å². The second-order valence-electron chi connectivity index (χ2n) is 5.06. The van der Waals surface area contributed by atoms with E-state index in [0.717, 1.165) is 18.4 Å². The molecular weight excluding hydrogens is 254 g/mol. The van der Waals surface area contributed by atoms with Gasteiger partial charge in [-0.2, -0.15) is 5.10 Å². The van der Waals surface area contributed by atoms with Gasteiger partial charge in [-0.1, -0.05) is 18.9 Å². The fourth-order valence-corrected chi connectivity index (χ4v) is 2.50. The molecule has 0 saturated heterocycles. The Hall–Kier alpha value is -2.24. The Balaban J connectivity index is 1.57. The van der Waals surface area contributed by atoms with Gasteiger partial charge < -0.3 is 5.32 Å². The van der Waals surface area contributed by atoms with Gasteiger partial charge in [-0.05, 0) is 24.5 Å². The van der Waals surface area contributed by atoms with Crippen molar-refractivity contribution in [3.63, 3.8) is 0 Å². The molecule has 0 unspecified atom stereocenters. The molecule has 1 aliphatic rings. The second kappa shape index (κ2) is 5.81. The van der Waals surface area contributed by atoms with E-state index in [0.29, 0.717) is 12.4 Å². The van der Waals surface area contributed by atoms with Crippen molar-refractivity contribution in [2.24, 2.45) is 5.92 Å². The highest BCUT2D eigenvalue weighted by Crippen LogP contribution is 2.24. The Morgan fingerprint density at radius 2 is 2.20 bits per heavy atom. The van der Waals surface area contributed by atoms with Gasteiger partial charge in [-0.3, -0.25) is 4.79 Å². The summed E-state index contributed by atoms with van der Waals surface area (Å²) in [6, 6.07) is 3.81. The molecule has 2 aromatic rings. The molecule has 2 heterocycles. The van der Waals surface area contributed by atoms with E-state index in [-0.39, 0.29) is 11.8 Å². The third kappa shape index (κ3) is 2.84. The molecule has 6 nitrogen and oxygen atoms in total. The van der Waals surface area contributed by atoms with Gasteiger partial charge in [0.1, 0.15) is 12.7 Å². The van der Waals surface area contributed by atoms with Crippen LogP contribution in [-0.2, 0) is 11.3 Å². The molecule has 104 valence electrons. The zero-order valence-electron chi connectivity index (χ0n) is 11.2. The Morgan fingerprint density at radius 3 is 2.85 bits per heavy atom. The topological polar surface area (TPSA) is 72.7 Å². The summed E-state index contributed by atoms with van der Waals surface area (Å²) in [7, 11) is 0. The first kappa shape index (κ1) is 12.8. The van der Waals surface area contributed by atoms with E-state index in [9.17, 15) is 4.79 Å². The Morgan fingerprint density at radius 1 is 1.35 bits per heavy atom. The molecule has 0 radical (unpaired) electrons. The quantitative estimate of drug-likeness (QED) is 0.914. The van der Waals surface area contributed by atoms with Crippen molar-refractivity contribution < 1.29 is 4.79 Å². The van der Waals surface area contributed by atoms with Gasteiger partial charge in [0.15, 0.2) is 5.82 Å². The van der Waals surface area contributed by atoms with E-state index in [1.54, 1.807) is 17.2 Å². The fraction of sp³-hybridized carbons (Fsp3) is 0.429. The second-order valence-corrected chi connectivity index (χ2v) is 5.06. The predicted molar refractivity (Wildman–Crippen MR) is 73.0 cm³/mol. The summed E-state index contributed by atoms with van der Waals surface area (Å²) in [5.41, 5.74) is 0.986. The molecule has 3 rings (SSSR count). The molecule has 0 spiro atoms. The molecule has 20 heavy (non-hydrogen) atoms. The number of carbonyl (C=O) groups excluding carboxylic acids is 1. The summed E-state index contributed by atoms with van der Waals surface area (Å²) in [6.45, 7) is 0.528. The van der Waals surface area contributed by atoms with Crippen LogP contribution in [0.5, 0.6) is 0 Å². The molecule has 0 bridgehead atoms. The zero-order valence-corrected chi connectivity index (χ0v) is 11.2. The van der Waals surface area contributed by atoms with E-state index in [2.05, 4.69) is 20.4 Å². The lowest BCUT2D eigenvalue weighted by Gasteiger charge is -2.10. The predicted octanol–water partition coefficient (Wildman–Crippen LogP) is 1.47. The molecule has 1 amide bonds. The van der Waals surface area contributed by atoms with Gasteiger partial charge in [0.2, 0.25) is 5.91 Å². The van der Waals surface area contributed by atoms with Gasteiger partial charge in [0.05, 0.1) is 0 Å². The largest absolute Gasteiger partial charge is 0.352 e. The van der Waals surface area contributed by atoms with E-state index in [4.69, 9.17) is 0 Å². The highest BCUT2D eigenvalue weighted by Gasteiger charge is 2.22. The number of carbonyl (C=O) groups is 1. The minimum Gasteiger partial charge on any atom is -0.352 e. The first-order valence-electron chi connectivity index (χ1n) is 6.90. The lowest BCUT2D eigenvalue weighted by molar-refractivity contribution is -0.124. The molecule has 1 fully saturated rings. The maximum Gasteiger partial charge on any atom is 0.223 e. The first-order chi connectivity index (χ1) is 9.83. The van der Waals surface area contributed by atoms with E-state index >= 15 is 0 Å². The number of aromatic nitrogens is 4. The van der Waals surface area contributed by atoms with Gasteiger partial charge >= 0.3 is 0 Å². The highest BCUT2D eigenvalue weighted by atomic mass is 16.1. The molecule has 0 aliphatic heterocycles. The molecule has 0 aromatic carbocycles. The third-order valence-electron chi connectivity index (χ3n) is 3.66. The lowest BCUT2D eigenvalue weighted by Crippen LogP contribution is -2.28. The number of nitrogens with one attached hydrogen (secondary N) is 1. The minimum atomic E-state index is 0.169. The van der Waals surface area contributed by atoms with Gasteiger partial charge in [0.25, 0.3) is 0 Å². The molecule has 1 aliphatic carbocycles. The lowest BCUT2D eigenvalue weighted by atomic mass is 10.1. The number of nitrogens with zero attached hydrogens (tertiary/aromatic N) is 4. The Kier molecular flexibility index (Phi) is 3.71. The van der Waals surface area contributed by atoms with Gasteiger partial charge in [-0.25, -0.2) is 14.6 Å². The van der Waals surface area contributed by atoms with Crippen molar-refractivity contribution in [2.45, 2.75) is 32.2 Å². The molecule has 0 atom stereocenters. The number of hydrogen-bond donors (Lipinski definition) is 1. The molecule has 2 aromatic heterocycles. The van der Waals surface area contributed by atoms with Crippen molar-refractivity contribution in [1.29, 1.82) is 0 Å². The van der Waals surface area contributed by atoms with Crippen LogP contribution in [0.4, 0.5) is 0 Å². The number of rotatable bonds is 4. The van der Waals surface area contributed by atoms with Crippen molar-refractivity contribution in [3.05, 3.63) is 36.5 Å². The molecule has 1 saturated carbocycles. The Bertz CT molecular complexity index is 558. The van der Waals surface area contributed by atoms with Crippen LogP contribution in [0.1, 0.15) is 31.2 Å². The maximum atomic E-state index is 11.9. The average molecular weight is 271 g/mol. The summed E-state index contributed by atoms with van der Waals surface area (Å²) in [6.07, 6.45) is 9.22. The monoisotopic (exact) mass is 271 g/mol. The average Bonchev–Trinajstić information content (AvgIpc) is 3.18. The van der Waals surface area contributed by atoms with Crippen LogP contribution in [-0.4, -0.2) is 25.7 Å². The molecule has 1 N–H and O–H groups in total. The number of hydrogen-bond acceptors (Lipinski definition) is 4. The van der Waals surface area contributed by atoms with Crippen LogP contribution in [0, 0.1) is 5.92 Å². The van der Waals surface area contributed by atoms with E-state index in [1.165, 1.54) is 19.2 Å². The van der Waals surface area contributed by atoms with Crippen molar-refractivity contribution in [2.75, 3.05) is 0 Å². The zero-order chi connectivity index (χ0) is 13.8. The Labute approximate surface area is 117 Å².